The third kappa shape index (κ3) is 11.3. The van der Waals surface area contributed by atoms with Crippen LogP contribution < -0.4 is 0 Å². The predicted octanol–water partition coefficient (Wildman–Crippen LogP) is -1.03. The fourth-order valence-corrected chi connectivity index (χ4v) is 1.80. The van der Waals surface area contributed by atoms with Crippen molar-refractivity contribution in [2.75, 3.05) is 26.4 Å². The summed E-state index contributed by atoms with van der Waals surface area (Å²) < 4.78 is 29.7. The van der Waals surface area contributed by atoms with Crippen molar-refractivity contribution in [2.45, 2.75) is 26.1 Å². The average molecular weight is 330 g/mol. The quantitative estimate of drug-likeness (QED) is 0.335. The number of phosphoric acid groups is 1. The van der Waals surface area contributed by atoms with E-state index in [0.717, 1.165) is 13.8 Å². The van der Waals surface area contributed by atoms with Gasteiger partial charge in [-0.25, -0.2) is 4.57 Å². The van der Waals surface area contributed by atoms with Crippen LogP contribution in [0.5, 0.6) is 0 Å². The highest BCUT2D eigenvalue weighted by Gasteiger charge is 2.26. The molecule has 0 radical (unpaired) electrons. The minimum atomic E-state index is -4.51. The van der Waals surface area contributed by atoms with Gasteiger partial charge in [0.1, 0.15) is 12.7 Å². The van der Waals surface area contributed by atoms with Crippen LogP contribution in [0, 0.1) is 0 Å². The maximum atomic E-state index is 11.4. The number of rotatable bonds is 10. The van der Waals surface area contributed by atoms with Crippen molar-refractivity contribution in [1.82, 2.24) is 0 Å². The van der Waals surface area contributed by atoms with Crippen molar-refractivity contribution in [2.24, 2.45) is 0 Å². The fourth-order valence-electron chi connectivity index (χ4n) is 1.01. The first kappa shape index (κ1) is 20.0. The first-order valence-electron chi connectivity index (χ1n) is 5.87. The Labute approximate surface area is 121 Å². The van der Waals surface area contributed by atoms with E-state index in [1.807, 2.05) is 0 Å². The predicted molar refractivity (Wildman–Crippen MR) is 67.0 cm³/mol. The van der Waals surface area contributed by atoms with E-state index in [1.54, 1.807) is 0 Å². The maximum Gasteiger partial charge on any atom is 0.472 e. The summed E-state index contributed by atoms with van der Waals surface area (Å²) in [5, 5.41) is 17.5. The Morgan fingerprint density at radius 2 is 1.67 bits per heavy atom. The van der Waals surface area contributed by atoms with Gasteiger partial charge in [-0.1, -0.05) is 0 Å². The van der Waals surface area contributed by atoms with Gasteiger partial charge in [-0.2, -0.15) is 0 Å². The van der Waals surface area contributed by atoms with Gasteiger partial charge < -0.3 is 24.6 Å². The summed E-state index contributed by atoms with van der Waals surface area (Å²) in [4.78, 5) is 30.8. The molecule has 0 saturated carbocycles. The standard InChI is InChI=1S/C10H19O10P/c1-7(12)17-5-10(20-8(2)13)6-19-21(15,16)18-4-9(14)3-11/h9-11,14H,3-6H2,1-2H3,(H,15,16)/t9-,10+/m0/s1. The number of ether oxygens (including phenoxy) is 2. The number of hydrogen-bond acceptors (Lipinski definition) is 9. The van der Waals surface area contributed by atoms with E-state index >= 15 is 0 Å². The largest absolute Gasteiger partial charge is 0.472 e. The molecule has 0 rings (SSSR count). The van der Waals surface area contributed by atoms with Gasteiger partial charge in [0.15, 0.2) is 6.10 Å². The summed E-state index contributed by atoms with van der Waals surface area (Å²) in [6.45, 7) is 0.0639. The van der Waals surface area contributed by atoms with Crippen molar-refractivity contribution < 1.29 is 47.8 Å². The first-order chi connectivity index (χ1) is 9.66. The molecule has 10 nitrogen and oxygen atoms in total. The minimum Gasteiger partial charge on any atom is -0.462 e. The number of aliphatic hydroxyl groups is 2. The summed E-state index contributed by atoms with van der Waals surface area (Å²) >= 11 is 0. The van der Waals surface area contributed by atoms with Crippen LogP contribution in [0.15, 0.2) is 0 Å². The normalized spacial score (nSPS) is 16.6. The number of esters is 2. The number of phosphoric ester groups is 1. The number of carbonyl (C=O) groups is 2. The van der Waals surface area contributed by atoms with Gasteiger partial charge in [0.2, 0.25) is 0 Å². The SMILES string of the molecule is CC(=O)OC[C@H](COP(=O)(O)OC[C@@H](O)CO)OC(C)=O. The second-order valence-corrected chi connectivity index (χ2v) is 5.38. The van der Waals surface area contributed by atoms with Crippen molar-refractivity contribution >= 4 is 19.8 Å². The van der Waals surface area contributed by atoms with Gasteiger partial charge in [0.05, 0.1) is 19.8 Å². The van der Waals surface area contributed by atoms with Gasteiger partial charge >= 0.3 is 19.8 Å². The lowest BCUT2D eigenvalue weighted by Gasteiger charge is -2.19. The number of aliphatic hydroxyl groups excluding tert-OH is 2. The molecular formula is C10H19O10P. The van der Waals surface area contributed by atoms with E-state index in [-0.39, 0.29) is 6.61 Å². The second kappa shape index (κ2) is 9.82. The Bertz CT molecular complexity index is 384. The topological polar surface area (TPSA) is 149 Å². The number of carbonyl (C=O) groups excluding carboxylic acids is 2. The van der Waals surface area contributed by atoms with Crippen LogP contribution in [-0.2, 0) is 32.7 Å². The van der Waals surface area contributed by atoms with Gasteiger partial charge in [0, 0.05) is 13.8 Å². The van der Waals surface area contributed by atoms with Crippen molar-refractivity contribution in [3.05, 3.63) is 0 Å². The van der Waals surface area contributed by atoms with E-state index in [1.165, 1.54) is 0 Å². The summed E-state index contributed by atoms with van der Waals surface area (Å²) in [5.74, 6) is -1.32. The molecule has 3 atom stereocenters. The smallest absolute Gasteiger partial charge is 0.462 e. The molecule has 0 aliphatic carbocycles. The molecule has 0 aromatic rings. The number of hydrogen-bond donors (Lipinski definition) is 3. The summed E-state index contributed by atoms with van der Waals surface area (Å²) in [5.41, 5.74) is 0. The highest BCUT2D eigenvalue weighted by atomic mass is 31.2. The molecule has 0 amide bonds. The van der Waals surface area contributed by atoms with Crippen LogP contribution in [0.4, 0.5) is 0 Å². The summed E-state index contributed by atoms with van der Waals surface area (Å²) in [6.07, 6.45) is -2.42. The van der Waals surface area contributed by atoms with Crippen LogP contribution >= 0.6 is 7.82 Å². The minimum absolute atomic E-state index is 0.353. The zero-order valence-corrected chi connectivity index (χ0v) is 12.5. The van der Waals surface area contributed by atoms with E-state index in [2.05, 4.69) is 13.8 Å². The molecule has 0 aliphatic heterocycles. The lowest BCUT2D eigenvalue weighted by atomic mass is 10.4. The van der Waals surface area contributed by atoms with Crippen LogP contribution in [0.3, 0.4) is 0 Å². The molecule has 0 aromatic carbocycles. The Kier molecular flexibility index (Phi) is 9.34. The third-order valence-electron chi connectivity index (χ3n) is 1.87. The molecule has 0 bridgehead atoms. The Balaban J connectivity index is 4.32. The molecule has 3 N–H and O–H groups in total. The van der Waals surface area contributed by atoms with E-state index in [9.17, 15) is 19.0 Å². The van der Waals surface area contributed by atoms with Gasteiger partial charge in [-0.3, -0.25) is 18.6 Å². The van der Waals surface area contributed by atoms with Crippen molar-refractivity contribution in [3.63, 3.8) is 0 Å². The average Bonchev–Trinajstić information content (AvgIpc) is 2.38. The van der Waals surface area contributed by atoms with Crippen LogP contribution in [0.1, 0.15) is 13.8 Å². The monoisotopic (exact) mass is 330 g/mol. The highest BCUT2D eigenvalue weighted by Crippen LogP contribution is 2.43. The Morgan fingerprint density at radius 3 is 2.14 bits per heavy atom. The Morgan fingerprint density at radius 1 is 1.10 bits per heavy atom. The van der Waals surface area contributed by atoms with Gasteiger partial charge in [0.25, 0.3) is 0 Å². The zero-order valence-electron chi connectivity index (χ0n) is 11.6. The molecular weight excluding hydrogens is 311 g/mol. The van der Waals surface area contributed by atoms with E-state index < -0.39 is 51.8 Å². The van der Waals surface area contributed by atoms with Gasteiger partial charge in [-0.15, -0.1) is 0 Å². The van der Waals surface area contributed by atoms with E-state index in [0.29, 0.717) is 0 Å². The molecule has 124 valence electrons. The summed E-state index contributed by atoms with van der Waals surface area (Å²) in [7, 11) is -4.51. The van der Waals surface area contributed by atoms with Crippen LogP contribution in [0.25, 0.3) is 0 Å². The molecule has 0 fully saturated rings. The lowest BCUT2D eigenvalue weighted by Crippen LogP contribution is -2.28. The van der Waals surface area contributed by atoms with Crippen molar-refractivity contribution in [1.29, 1.82) is 0 Å². The molecule has 0 saturated heterocycles. The first-order valence-corrected chi connectivity index (χ1v) is 7.37. The second-order valence-electron chi connectivity index (χ2n) is 3.93. The fraction of sp³-hybridized carbons (Fsp3) is 0.800. The molecule has 0 spiro atoms. The molecule has 1 unspecified atom stereocenters. The summed E-state index contributed by atoms with van der Waals surface area (Å²) in [6, 6.07) is 0. The van der Waals surface area contributed by atoms with Crippen LogP contribution in [-0.4, -0.2) is 65.7 Å². The molecule has 0 aromatic heterocycles. The van der Waals surface area contributed by atoms with Crippen LogP contribution in [0.2, 0.25) is 0 Å². The molecule has 0 aliphatic rings. The Hall–Kier alpha value is -1.03. The van der Waals surface area contributed by atoms with Crippen molar-refractivity contribution in [3.8, 4) is 0 Å². The maximum absolute atomic E-state index is 11.4. The molecule has 21 heavy (non-hydrogen) atoms. The zero-order chi connectivity index (χ0) is 16.5. The molecule has 0 heterocycles. The highest BCUT2D eigenvalue weighted by molar-refractivity contribution is 7.47. The third-order valence-corrected chi connectivity index (χ3v) is 2.82. The molecule has 11 heteroatoms. The van der Waals surface area contributed by atoms with Gasteiger partial charge in [-0.05, 0) is 0 Å². The lowest BCUT2D eigenvalue weighted by molar-refractivity contribution is -0.158. The van der Waals surface area contributed by atoms with E-state index in [4.69, 9.17) is 14.9 Å².